The highest BCUT2D eigenvalue weighted by Gasteiger charge is 1.95. The molecule has 0 bridgehead atoms. The minimum absolute atomic E-state index is 0.0197. The van der Waals surface area contributed by atoms with Crippen LogP contribution in [0.3, 0.4) is 0 Å². The molecule has 1 rings (SSSR count). The van der Waals surface area contributed by atoms with Crippen LogP contribution in [0.25, 0.3) is 0 Å². The summed E-state index contributed by atoms with van der Waals surface area (Å²) in [6.45, 7) is 2.76. The number of hydrogen-bond acceptors (Lipinski definition) is 4. The van der Waals surface area contributed by atoms with Crippen molar-refractivity contribution in [1.82, 2.24) is 10.3 Å². The van der Waals surface area contributed by atoms with Crippen LogP contribution in [0.15, 0.2) is 18.2 Å². The molecule has 0 saturated heterocycles. The predicted molar refractivity (Wildman–Crippen MR) is 61.0 cm³/mol. The molecule has 3 N–H and O–H groups in total. The van der Waals surface area contributed by atoms with E-state index in [2.05, 4.69) is 20.9 Å². The summed E-state index contributed by atoms with van der Waals surface area (Å²) in [6, 6.07) is 5.69. The van der Waals surface area contributed by atoms with E-state index in [1.807, 2.05) is 25.2 Å². The molecule has 0 atom stereocenters. The maximum Gasteiger partial charge on any atom is 0.216 e. The Morgan fingerprint density at radius 3 is 2.73 bits per heavy atom. The maximum atomic E-state index is 10.6. The van der Waals surface area contributed by atoms with Crippen molar-refractivity contribution in [2.75, 3.05) is 30.8 Å². The Bertz CT molecular complexity index is 327. The maximum absolute atomic E-state index is 10.6. The van der Waals surface area contributed by atoms with Gasteiger partial charge in [0.25, 0.3) is 0 Å². The molecule has 0 unspecified atom stereocenters. The molecule has 0 radical (unpaired) electrons. The van der Waals surface area contributed by atoms with Crippen molar-refractivity contribution < 1.29 is 4.79 Å². The summed E-state index contributed by atoms with van der Waals surface area (Å²) in [4.78, 5) is 14.9. The first-order valence-electron chi connectivity index (χ1n) is 4.85. The van der Waals surface area contributed by atoms with Crippen LogP contribution in [0.2, 0.25) is 0 Å². The van der Waals surface area contributed by atoms with Crippen molar-refractivity contribution in [2.45, 2.75) is 6.92 Å². The largest absolute Gasteiger partial charge is 0.373 e. The van der Waals surface area contributed by atoms with Gasteiger partial charge in [-0.05, 0) is 12.1 Å². The van der Waals surface area contributed by atoms with E-state index in [0.29, 0.717) is 13.1 Å². The van der Waals surface area contributed by atoms with E-state index in [1.165, 1.54) is 6.92 Å². The van der Waals surface area contributed by atoms with Gasteiger partial charge >= 0.3 is 0 Å². The molecule has 0 fully saturated rings. The van der Waals surface area contributed by atoms with Crippen molar-refractivity contribution in [2.24, 2.45) is 0 Å². The Morgan fingerprint density at radius 2 is 2.07 bits per heavy atom. The average Bonchev–Trinajstić information content (AvgIpc) is 2.24. The third-order valence-electron chi connectivity index (χ3n) is 1.81. The van der Waals surface area contributed by atoms with Crippen LogP contribution in [0.4, 0.5) is 11.6 Å². The van der Waals surface area contributed by atoms with E-state index in [9.17, 15) is 4.79 Å². The first-order valence-corrected chi connectivity index (χ1v) is 4.85. The minimum atomic E-state index is -0.0197. The summed E-state index contributed by atoms with van der Waals surface area (Å²) >= 11 is 0. The molecule has 0 aliphatic rings. The number of hydrogen-bond donors (Lipinski definition) is 3. The highest BCUT2D eigenvalue weighted by Crippen LogP contribution is 2.07. The van der Waals surface area contributed by atoms with Gasteiger partial charge in [-0.1, -0.05) is 6.07 Å². The second-order valence-corrected chi connectivity index (χ2v) is 3.07. The number of aromatic nitrogens is 1. The fourth-order valence-electron chi connectivity index (χ4n) is 1.10. The fourth-order valence-corrected chi connectivity index (χ4v) is 1.10. The topological polar surface area (TPSA) is 66.0 Å². The van der Waals surface area contributed by atoms with Crippen LogP contribution >= 0.6 is 0 Å². The molecule has 1 aromatic heterocycles. The van der Waals surface area contributed by atoms with Gasteiger partial charge in [-0.15, -0.1) is 0 Å². The summed E-state index contributed by atoms with van der Waals surface area (Å²) in [5, 5.41) is 8.76. The van der Waals surface area contributed by atoms with E-state index >= 15 is 0 Å². The van der Waals surface area contributed by atoms with Gasteiger partial charge in [0.1, 0.15) is 11.6 Å². The minimum Gasteiger partial charge on any atom is -0.373 e. The molecule has 0 aliphatic carbocycles. The van der Waals surface area contributed by atoms with Crippen molar-refractivity contribution in [3.05, 3.63) is 18.2 Å². The zero-order valence-electron chi connectivity index (χ0n) is 9.00. The number of amides is 1. The van der Waals surface area contributed by atoms with Gasteiger partial charge in [0.05, 0.1) is 0 Å². The van der Waals surface area contributed by atoms with Gasteiger partial charge in [0.2, 0.25) is 5.91 Å². The Labute approximate surface area is 89.3 Å². The number of rotatable bonds is 5. The Hall–Kier alpha value is -1.78. The summed E-state index contributed by atoms with van der Waals surface area (Å²) in [5.74, 6) is 1.60. The third-order valence-corrected chi connectivity index (χ3v) is 1.81. The molecular weight excluding hydrogens is 192 g/mol. The first-order chi connectivity index (χ1) is 7.22. The van der Waals surface area contributed by atoms with E-state index < -0.39 is 0 Å². The van der Waals surface area contributed by atoms with Gasteiger partial charge in [0, 0.05) is 27.1 Å². The van der Waals surface area contributed by atoms with Crippen LogP contribution in [-0.4, -0.2) is 31.0 Å². The monoisotopic (exact) mass is 208 g/mol. The lowest BCUT2D eigenvalue weighted by Gasteiger charge is -2.07. The summed E-state index contributed by atoms with van der Waals surface area (Å²) in [5.41, 5.74) is 0. The number of nitrogens with one attached hydrogen (secondary N) is 3. The molecule has 1 heterocycles. The quantitative estimate of drug-likeness (QED) is 0.622. The van der Waals surface area contributed by atoms with Gasteiger partial charge in [0.15, 0.2) is 0 Å². The van der Waals surface area contributed by atoms with Crippen molar-refractivity contribution >= 4 is 17.5 Å². The SMILES string of the molecule is CNc1cccc(NCCNC(C)=O)n1. The molecule has 15 heavy (non-hydrogen) atoms. The van der Waals surface area contributed by atoms with Crippen molar-refractivity contribution in [3.63, 3.8) is 0 Å². The number of carbonyl (C=O) groups excluding carboxylic acids is 1. The molecule has 0 spiro atoms. The van der Waals surface area contributed by atoms with Crippen LogP contribution < -0.4 is 16.0 Å². The molecule has 0 saturated carbocycles. The summed E-state index contributed by atoms with van der Waals surface area (Å²) in [6.07, 6.45) is 0. The lowest BCUT2D eigenvalue weighted by atomic mass is 10.4. The first kappa shape index (κ1) is 11.3. The Morgan fingerprint density at radius 1 is 1.33 bits per heavy atom. The molecule has 82 valence electrons. The van der Waals surface area contributed by atoms with E-state index in [1.54, 1.807) is 0 Å². The fraction of sp³-hybridized carbons (Fsp3) is 0.400. The van der Waals surface area contributed by atoms with Crippen molar-refractivity contribution in [1.29, 1.82) is 0 Å². The van der Waals surface area contributed by atoms with Gasteiger partial charge in [-0.25, -0.2) is 4.98 Å². The van der Waals surface area contributed by atoms with Gasteiger partial charge in [-0.2, -0.15) is 0 Å². The number of nitrogens with zero attached hydrogens (tertiary/aromatic N) is 1. The van der Waals surface area contributed by atoms with Gasteiger partial charge in [-0.3, -0.25) is 4.79 Å². The lowest BCUT2D eigenvalue weighted by Crippen LogP contribution is -2.26. The van der Waals surface area contributed by atoms with Crippen LogP contribution in [0, 0.1) is 0 Å². The van der Waals surface area contributed by atoms with Crippen LogP contribution in [0.5, 0.6) is 0 Å². The number of anilines is 2. The highest BCUT2D eigenvalue weighted by atomic mass is 16.1. The van der Waals surface area contributed by atoms with Gasteiger partial charge < -0.3 is 16.0 Å². The van der Waals surface area contributed by atoms with Crippen LogP contribution in [0.1, 0.15) is 6.92 Å². The van der Waals surface area contributed by atoms with Crippen LogP contribution in [-0.2, 0) is 4.79 Å². The molecule has 5 heteroatoms. The zero-order chi connectivity index (χ0) is 11.1. The Kier molecular flexibility index (Phi) is 4.40. The molecule has 0 aliphatic heterocycles. The molecule has 0 aromatic carbocycles. The standard InChI is InChI=1S/C10H16N4O/c1-8(15)12-6-7-13-10-5-3-4-9(11-2)14-10/h3-5H,6-7H2,1-2H3,(H,12,15)(H2,11,13,14). The Balaban J connectivity index is 2.33. The highest BCUT2D eigenvalue weighted by molar-refractivity contribution is 5.72. The smallest absolute Gasteiger partial charge is 0.216 e. The second kappa shape index (κ2) is 5.85. The number of pyridine rings is 1. The number of carbonyl (C=O) groups is 1. The summed E-state index contributed by atoms with van der Waals surface area (Å²) in [7, 11) is 1.82. The normalized spacial score (nSPS) is 9.47. The molecular formula is C10H16N4O. The molecule has 1 amide bonds. The predicted octanol–water partition coefficient (Wildman–Crippen LogP) is 0.671. The van der Waals surface area contributed by atoms with E-state index in [0.717, 1.165) is 11.6 Å². The van der Waals surface area contributed by atoms with E-state index in [-0.39, 0.29) is 5.91 Å². The molecule has 5 nitrogen and oxygen atoms in total. The third kappa shape index (κ3) is 4.30. The van der Waals surface area contributed by atoms with Crippen molar-refractivity contribution in [3.8, 4) is 0 Å². The average molecular weight is 208 g/mol. The summed E-state index contributed by atoms with van der Waals surface area (Å²) < 4.78 is 0. The zero-order valence-corrected chi connectivity index (χ0v) is 9.00. The molecule has 1 aromatic rings. The second-order valence-electron chi connectivity index (χ2n) is 3.07. The lowest BCUT2D eigenvalue weighted by molar-refractivity contribution is -0.118. The van der Waals surface area contributed by atoms with E-state index in [4.69, 9.17) is 0 Å².